The molecule has 3 N–H and O–H groups in total. The van der Waals surface area contributed by atoms with Crippen molar-refractivity contribution in [3.8, 4) is 0 Å². The molecule has 0 bridgehead atoms. The third kappa shape index (κ3) is 2.64. The van der Waals surface area contributed by atoms with Crippen molar-refractivity contribution in [2.24, 2.45) is 5.73 Å². The minimum Gasteiger partial charge on any atom is -0.368 e. The minimum absolute atomic E-state index is 0.231. The number of hydrogen-bond acceptors (Lipinski definition) is 2. The lowest BCUT2D eigenvalue weighted by Gasteiger charge is -2.29. The molecule has 0 saturated heterocycles. The number of nitrogens with one attached hydrogen (secondary N) is 1. The first kappa shape index (κ1) is 14.1. The van der Waals surface area contributed by atoms with Crippen molar-refractivity contribution < 1.29 is 9.18 Å². The highest BCUT2D eigenvalue weighted by atomic mass is 19.1. The van der Waals surface area contributed by atoms with E-state index in [-0.39, 0.29) is 5.56 Å². The van der Waals surface area contributed by atoms with Crippen molar-refractivity contribution in [1.29, 1.82) is 0 Å². The number of nitrogens with two attached hydrogens (primary N) is 1. The fourth-order valence-corrected chi connectivity index (χ4v) is 2.14. The van der Waals surface area contributed by atoms with Gasteiger partial charge in [-0.2, -0.15) is 0 Å². The molecule has 1 amide bonds. The Morgan fingerprint density at radius 3 is 2.50 bits per heavy atom. The van der Waals surface area contributed by atoms with Gasteiger partial charge in [-0.1, -0.05) is 30.3 Å². The van der Waals surface area contributed by atoms with Gasteiger partial charge in [0.05, 0.1) is 0 Å². The van der Waals surface area contributed by atoms with Crippen molar-refractivity contribution in [1.82, 2.24) is 0 Å². The molecule has 2 aromatic carbocycles. The van der Waals surface area contributed by atoms with Gasteiger partial charge in [0.25, 0.3) is 0 Å². The van der Waals surface area contributed by atoms with Crippen molar-refractivity contribution in [3.63, 3.8) is 0 Å². The van der Waals surface area contributed by atoms with Crippen LogP contribution in [-0.2, 0) is 10.3 Å². The molecule has 2 aromatic rings. The molecule has 0 aliphatic carbocycles. The maximum Gasteiger partial charge on any atom is 0.247 e. The average molecular weight is 272 g/mol. The van der Waals surface area contributed by atoms with E-state index in [1.807, 2.05) is 31.2 Å². The Morgan fingerprint density at radius 1 is 1.20 bits per heavy atom. The number of aryl methyl sites for hydroxylation is 1. The monoisotopic (exact) mass is 272 g/mol. The van der Waals surface area contributed by atoms with Gasteiger partial charge < -0.3 is 11.1 Å². The van der Waals surface area contributed by atoms with Gasteiger partial charge in [0, 0.05) is 11.3 Å². The van der Waals surface area contributed by atoms with Crippen molar-refractivity contribution in [2.75, 3.05) is 5.32 Å². The SMILES string of the molecule is Cc1cccc(NC(C)(C(N)=O)c2ccccc2F)c1. The molecular weight excluding hydrogens is 255 g/mol. The second kappa shape index (κ2) is 5.33. The number of carbonyl (C=O) groups is 1. The minimum atomic E-state index is -1.31. The van der Waals surface area contributed by atoms with E-state index in [0.717, 1.165) is 11.3 Å². The summed E-state index contributed by atoms with van der Waals surface area (Å²) in [4.78, 5) is 11.9. The summed E-state index contributed by atoms with van der Waals surface area (Å²) in [6.45, 7) is 3.52. The molecule has 0 spiro atoms. The first-order valence-corrected chi connectivity index (χ1v) is 6.33. The number of primary amides is 1. The molecule has 0 heterocycles. The van der Waals surface area contributed by atoms with Crippen LogP contribution in [0.5, 0.6) is 0 Å². The number of amides is 1. The number of rotatable bonds is 4. The number of carbonyl (C=O) groups excluding carboxylic acids is 1. The summed E-state index contributed by atoms with van der Waals surface area (Å²) in [6, 6.07) is 13.6. The molecule has 1 atom stereocenters. The van der Waals surface area contributed by atoms with E-state index in [1.54, 1.807) is 25.1 Å². The van der Waals surface area contributed by atoms with Crippen LogP contribution in [0.1, 0.15) is 18.1 Å². The summed E-state index contributed by atoms with van der Waals surface area (Å²) in [6.07, 6.45) is 0. The van der Waals surface area contributed by atoms with Gasteiger partial charge in [0.1, 0.15) is 11.4 Å². The molecule has 2 rings (SSSR count). The zero-order valence-electron chi connectivity index (χ0n) is 11.5. The number of halogens is 1. The van der Waals surface area contributed by atoms with Gasteiger partial charge in [0.15, 0.2) is 0 Å². The van der Waals surface area contributed by atoms with Gasteiger partial charge in [-0.25, -0.2) is 4.39 Å². The predicted octanol–water partition coefficient (Wildman–Crippen LogP) is 2.95. The standard InChI is InChI=1S/C16H17FN2O/c1-11-6-5-7-12(10-11)19-16(2,15(18)20)13-8-3-4-9-14(13)17/h3-10,19H,1-2H3,(H2,18,20). The second-order valence-electron chi connectivity index (χ2n) is 4.96. The molecular formula is C16H17FN2O. The Balaban J connectivity index is 2.46. The van der Waals surface area contributed by atoms with Crippen molar-refractivity contribution >= 4 is 11.6 Å². The van der Waals surface area contributed by atoms with Gasteiger partial charge >= 0.3 is 0 Å². The summed E-state index contributed by atoms with van der Waals surface area (Å²) < 4.78 is 14.0. The van der Waals surface area contributed by atoms with E-state index in [2.05, 4.69) is 5.32 Å². The van der Waals surface area contributed by atoms with E-state index in [9.17, 15) is 9.18 Å². The highest BCUT2D eigenvalue weighted by molar-refractivity contribution is 5.89. The average Bonchev–Trinajstić information content (AvgIpc) is 2.38. The van der Waals surface area contributed by atoms with Crippen molar-refractivity contribution in [2.45, 2.75) is 19.4 Å². The third-order valence-corrected chi connectivity index (χ3v) is 3.32. The molecule has 0 saturated carbocycles. The first-order valence-electron chi connectivity index (χ1n) is 6.33. The van der Waals surface area contributed by atoms with Crippen LogP contribution in [0.25, 0.3) is 0 Å². The lowest BCUT2D eigenvalue weighted by Crippen LogP contribution is -2.45. The van der Waals surface area contributed by atoms with Gasteiger partial charge in [0.2, 0.25) is 5.91 Å². The summed E-state index contributed by atoms with van der Waals surface area (Å²) in [5, 5.41) is 3.04. The van der Waals surface area contributed by atoms with Crippen molar-refractivity contribution in [3.05, 3.63) is 65.5 Å². The first-order chi connectivity index (χ1) is 9.43. The molecule has 0 radical (unpaired) electrons. The Morgan fingerprint density at radius 2 is 1.90 bits per heavy atom. The topological polar surface area (TPSA) is 55.1 Å². The molecule has 0 aromatic heterocycles. The molecule has 4 heteroatoms. The van der Waals surface area contributed by atoms with Crippen LogP contribution in [0, 0.1) is 12.7 Å². The van der Waals surface area contributed by atoms with E-state index in [4.69, 9.17) is 5.73 Å². The summed E-state index contributed by atoms with van der Waals surface area (Å²) in [5.41, 5.74) is 6.17. The van der Waals surface area contributed by atoms with Crippen LogP contribution in [0.2, 0.25) is 0 Å². The van der Waals surface area contributed by atoms with Crippen LogP contribution in [0.15, 0.2) is 48.5 Å². The molecule has 3 nitrogen and oxygen atoms in total. The zero-order valence-corrected chi connectivity index (χ0v) is 11.5. The maximum atomic E-state index is 14.0. The fraction of sp³-hybridized carbons (Fsp3) is 0.188. The lowest BCUT2D eigenvalue weighted by atomic mass is 9.90. The zero-order chi connectivity index (χ0) is 14.8. The Bertz CT molecular complexity index is 642. The van der Waals surface area contributed by atoms with Crippen LogP contribution >= 0.6 is 0 Å². The third-order valence-electron chi connectivity index (χ3n) is 3.32. The maximum absolute atomic E-state index is 14.0. The molecule has 20 heavy (non-hydrogen) atoms. The second-order valence-corrected chi connectivity index (χ2v) is 4.96. The van der Waals surface area contributed by atoms with Crippen LogP contribution < -0.4 is 11.1 Å². The number of anilines is 1. The molecule has 0 fully saturated rings. The summed E-state index contributed by atoms with van der Waals surface area (Å²) >= 11 is 0. The van der Waals surface area contributed by atoms with Gasteiger partial charge in [-0.3, -0.25) is 4.79 Å². The Kier molecular flexibility index (Phi) is 3.74. The Hall–Kier alpha value is -2.36. The van der Waals surface area contributed by atoms with E-state index >= 15 is 0 Å². The molecule has 104 valence electrons. The predicted molar refractivity (Wildman–Crippen MR) is 77.7 cm³/mol. The number of benzene rings is 2. The van der Waals surface area contributed by atoms with Crippen LogP contribution in [0.4, 0.5) is 10.1 Å². The smallest absolute Gasteiger partial charge is 0.247 e. The normalized spacial score (nSPS) is 13.6. The van der Waals surface area contributed by atoms with Crippen LogP contribution in [-0.4, -0.2) is 5.91 Å². The van der Waals surface area contributed by atoms with E-state index in [0.29, 0.717) is 0 Å². The largest absolute Gasteiger partial charge is 0.368 e. The van der Waals surface area contributed by atoms with E-state index < -0.39 is 17.3 Å². The quantitative estimate of drug-likeness (QED) is 0.899. The van der Waals surface area contributed by atoms with E-state index in [1.165, 1.54) is 6.07 Å². The summed E-state index contributed by atoms with van der Waals surface area (Å²) in [7, 11) is 0. The highest BCUT2D eigenvalue weighted by Gasteiger charge is 2.35. The molecule has 1 unspecified atom stereocenters. The summed E-state index contributed by atoms with van der Waals surface area (Å²) in [5.74, 6) is -1.10. The lowest BCUT2D eigenvalue weighted by molar-refractivity contribution is -0.122. The van der Waals surface area contributed by atoms with Gasteiger partial charge in [-0.05, 0) is 37.6 Å². The Labute approximate surface area is 117 Å². The molecule has 0 aliphatic rings. The fourth-order valence-electron chi connectivity index (χ4n) is 2.14. The van der Waals surface area contributed by atoms with Crippen LogP contribution in [0.3, 0.4) is 0 Å². The number of hydrogen-bond donors (Lipinski definition) is 2. The molecule has 0 aliphatic heterocycles. The van der Waals surface area contributed by atoms with Gasteiger partial charge in [-0.15, -0.1) is 0 Å². The highest BCUT2D eigenvalue weighted by Crippen LogP contribution is 2.28.